The van der Waals surface area contributed by atoms with Crippen LogP contribution in [0.5, 0.6) is 0 Å². The fourth-order valence-corrected chi connectivity index (χ4v) is 3.73. The molecule has 0 spiro atoms. The molecular formula is C22H26N4O. The molecule has 1 aliphatic heterocycles. The summed E-state index contributed by atoms with van der Waals surface area (Å²) in [7, 11) is 0. The van der Waals surface area contributed by atoms with Gasteiger partial charge in [0.15, 0.2) is 0 Å². The van der Waals surface area contributed by atoms with Crippen molar-refractivity contribution < 1.29 is 4.79 Å². The molecular weight excluding hydrogens is 336 g/mol. The van der Waals surface area contributed by atoms with Crippen molar-refractivity contribution in [3.63, 3.8) is 0 Å². The van der Waals surface area contributed by atoms with Gasteiger partial charge in [-0.15, -0.1) is 0 Å². The number of hydrogen-bond donors (Lipinski definition) is 0. The minimum atomic E-state index is 0.109. The summed E-state index contributed by atoms with van der Waals surface area (Å²) in [6, 6.07) is 16.7. The Balaban J connectivity index is 1.50. The van der Waals surface area contributed by atoms with E-state index in [4.69, 9.17) is 0 Å². The number of carbonyl (C=O) groups is 1. The van der Waals surface area contributed by atoms with Crippen LogP contribution in [-0.2, 0) is 6.54 Å². The van der Waals surface area contributed by atoms with Crippen molar-refractivity contribution in [1.29, 1.82) is 0 Å². The van der Waals surface area contributed by atoms with Gasteiger partial charge in [-0.2, -0.15) is 0 Å². The van der Waals surface area contributed by atoms with Crippen LogP contribution in [0.4, 0.5) is 0 Å². The first-order valence-electron chi connectivity index (χ1n) is 9.64. The molecule has 0 radical (unpaired) electrons. The molecule has 27 heavy (non-hydrogen) atoms. The standard InChI is InChI=1S/C22H26N4O/c1-17(2)24-10-12-25(13-11-24)22(27)19-8-9-21-20(14-19)23-16-26(21)15-18-6-4-3-5-7-18/h3-9,14,16-17H,10-13,15H2,1-2H3. The van der Waals surface area contributed by atoms with Crippen LogP contribution >= 0.6 is 0 Å². The summed E-state index contributed by atoms with van der Waals surface area (Å²) in [6.07, 6.45) is 1.85. The minimum Gasteiger partial charge on any atom is -0.336 e. The van der Waals surface area contributed by atoms with Gasteiger partial charge in [0, 0.05) is 44.3 Å². The predicted octanol–water partition coefficient (Wildman–Crippen LogP) is 3.25. The van der Waals surface area contributed by atoms with Crippen LogP contribution in [0.2, 0.25) is 0 Å². The van der Waals surface area contributed by atoms with E-state index in [0.29, 0.717) is 6.04 Å². The second-order valence-corrected chi connectivity index (χ2v) is 7.48. The number of aromatic nitrogens is 2. The van der Waals surface area contributed by atoms with Crippen LogP contribution in [0.1, 0.15) is 29.8 Å². The highest BCUT2D eigenvalue weighted by Crippen LogP contribution is 2.18. The van der Waals surface area contributed by atoms with E-state index in [2.05, 4.69) is 40.4 Å². The smallest absolute Gasteiger partial charge is 0.254 e. The Morgan fingerprint density at radius 2 is 1.78 bits per heavy atom. The highest BCUT2D eigenvalue weighted by atomic mass is 16.2. The lowest BCUT2D eigenvalue weighted by atomic mass is 10.1. The van der Waals surface area contributed by atoms with Crippen molar-refractivity contribution in [2.24, 2.45) is 0 Å². The quantitative estimate of drug-likeness (QED) is 0.715. The SMILES string of the molecule is CC(C)N1CCN(C(=O)c2ccc3c(c2)ncn3Cc2ccccc2)CC1. The number of imidazole rings is 1. The summed E-state index contributed by atoms with van der Waals surface area (Å²) in [6.45, 7) is 8.65. The molecule has 3 aromatic rings. The lowest BCUT2D eigenvalue weighted by Crippen LogP contribution is -2.50. The summed E-state index contributed by atoms with van der Waals surface area (Å²) in [4.78, 5) is 21.8. The first kappa shape index (κ1) is 17.7. The zero-order valence-corrected chi connectivity index (χ0v) is 16.0. The molecule has 140 valence electrons. The number of amides is 1. The average molecular weight is 362 g/mol. The molecule has 0 unspecified atom stereocenters. The number of fused-ring (bicyclic) bond motifs is 1. The van der Waals surface area contributed by atoms with Crippen LogP contribution in [-0.4, -0.2) is 57.5 Å². The zero-order valence-electron chi connectivity index (χ0n) is 16.0. The Labute approximate surface area is 160 Å². The molecule has 0 atom stereocenters. The number of carbonyl (C=O) groups excluding carboxylic acids is 1. The Kier molecular flexibility index (Phi) is 4.94. The van der Waals surface area contributed by atoms with E-state index in [1.165, 1.54) is 5.56 Å². The number of piperazine rings is 1. The highest BCUT2D eigenvalue weighted by molar-refractivity contribution is 5.97. The molecule has 2 heterocycles. The average Bonchev–Trinajstić information content (AvgIpc) is 3.10. The van der Waals surface area contributed by atoms with Gasteiger partial charge in [0.05, 0.1) is 17.4 Å². The summed E-state index contributed by atoms with van der Waals surface area (Å²) in [5, 5.41) is 0. The molecule has 0 saturated carbocycles. The van der Waals surface area contributed by atoms with Crippen LogP contribution in [0.3, 0.4) is 0 Å². The normalized spacial score (nSPS) is 15.6. The topological polar surface area (TPSA) is 41.4 Å². The summed E-state index contributed by atoms with van der Waals surface area (Å²) < 4.78 is 2.13. The number of benzene rings is 2. The van der Waals surface area contributed by atoms with Gasteiger partial charge in [-0.3, -0.25) is 9.69 Å². The number of hydrogen-bond acceptors (Lipinski definition) is 3. The third-order valence-corrected chi connectivity index (χ3v) is 5.40. The van der Waals surface area contributed by atoms with Crippen molar-refractivity contribution in [1.82, 2.24) is 19.4 Å². The van der Waals surface area contributed by atoms with Gasteiger partial charge in [-0.1, -0.05) is 30.3 Å². The van der Waals surface area contributed by atoms with Gasteiger partial charge in [0.2, 0.25) is 0 Å². The van der Waals surface area contributed by atoms with Crippen molar-refractivity contribution in [2.45, 2.75) is 26.4 Å². The third-order valence-electron chi connectivity index (χ3n) is 5.40. The van der Waals surface area contributed by atoms with Gasteiger partial charge in [-0.25, -0.2) is 4.98 Å². The zero-order chi connectivity index (χ0) is 18.8. The summed E-state index contributed by atoms with van der Waals surface area (Å²) in [5.41, 5.74) is 3.89. The molecule has 0 aliphatic carbocycles. The number of nitrogens with zero attached hydrogens (tertiary/aromatic N) is 4. The van der Waals surface area contributed by atoms with E-state index in [-0.39, 0.29) is 5.91 Å². The summed E-state index contributed by atoms with van der Waals surface area (Å²) >= 11 is 0. The first-order valence-corrected chi connectivity index (χ1v) is 9.64. The van der Waals surface area contributed by atoms with E-state index < -0.39 is 0 Å². The molecule has 4 rings (SSSR count). The fourth-order valence-electron chi connectivity index (χ4n) is 3.73. The van der Waals surface area contributed by atoms with E-state index in [9.17, 15) is 4.79 Å². The molecule has 1 aliphatic rings. The Hall–Kier alpha value is -2.66. The molecule has 2 aromatic carbocycles. The van der Waals surface area contributed by atoms with Crippen LogP contribution in [0, 0.1) is 0 Å². The Morgan fingerprint density at radius 1 is 1.04 bits per heavy atom. The largest absolute Gasteiger partial charge is 0.336 e. The van der Waals surface area contributed by atoms with Gasteiger partial charge in [0.25, 0.3) is 5.91 Å². The van der Waals surface area contributed by atoms with E-state index in [1.807, 2.05) is 47.6 Å². The lowest BCUT2D eigenvalue weighted by Gasteiger charge is -2.36. The second kappa shape index (κ2) is 7.53. The lowest BCUT2D eigenvalue weighted by molar-refractivity contribution is 0.0595. The van der Waals surface area contributed by atoms with Gasteiger partial charge in [0.1, 0.15) is 0 Å². The van der Waals surface area contributed by atoms with Crippen molar-refractivity contribution in [2.75, 3.05) is 26.2 Å². The predicted molar refractivity (Wildman–Crippen MR) is 108 cm³/mol. The monoisotopic (exact) mass is 362 g/mol. The number of rotatable bonds is 4. The maximum Gasteiger partial charge on any atom is 0.254 e. The van der Waals surface area contributed by atoms with Gasteiger partial charge < -0.3 is 9.47 Å². The fraction of sp³-hybridized carbons (Fsp3) is 0.364. The first-order chi connectivity index (χ1) is 13.1. The van der Waals surface area contributed by atoms with E-state index in [0.717, 1.165) is 49.3 Å². The van der Waals surface area contributed by atoms with Crippen molar-refractivity contribution in [3.05, 3.63) is 66.0 Å². The maximum atomic E-state index is 12.9. The van der Waals surface area contributed by atoms with Crippen LogP contribution < -0.4 is 0 Å². The third kappa shape index (κ3) is 3.74. The molecule has 0 N–H and O–H groups in total. The van der Waals surface area contributed by atoms with Gasteiger partial charge in [-0.05, 0) is 37.6 Å². The molecule has 0 bridgehead atoms. The molecule has 1 fully saturated rings. The van der Waals surface area contributed by atoms with Crippen molar-refractivity contribution >= 4 is 16.9 Å². The molecule has 1 amide bonds. The summed E-state index contributed by atoms with van der Waals surface area (Å²) in [5.74, 6) is 0.109. The minimum absolute atomic E-state index is 0.109. The highest BCUT2D eigenvalue weighted by Gasteiger charge is 2.23. The second-order valence-electron chi connectivity index (χ2n) is 7.48. The molecule has 5 heteroatoms. The van der Waals surface area contributed by atoms with E-state index >= 15 is 0 Å². The Bertz CT molecular complexity index is 924. The molecule has 5 nitrogen and oxygen atoms in total. The van der Waals surface area contributed by atoms with Crippen molar-refractivity contribution in [3.8, 4) is 0 Å². The Morgan fingerprint density at radius 3 is 2.48 bits per heavy atom. The van der Waals surface area contributed by atoms with Crippen LogP contribution in [0.15, 0.2) is 54.9 Å². The molecule has 1 aromatic heterocycles. The van der Waals surface area contributed by atoms with Gasteiger partial charge >= 0.3 is 0 Å². The maximum absolute atomic E-state index is 12.9. The van der Waals surface area contributed by atoms with E-state index in [1.54, 1.807) is 0 Å². The molecule has 1 saturated heterocycles. The van der Waals surface area contributed by atoms with Crippen LogP contribution in [0.25, 0.3) is 11.0 Å².